The minimum Gasteiger partial charge on any atom is -0.497 e. The van der Waals surface area contributed by atoms with E-state index < -0.39 is 0 Å². The molecule has 0 aliphatic carbocycles. The van der Waals surface area contributed by atoms with Gasteiger partial charge in [-0.2, -0.15) is 0 Å². The Kier molecular flexibility index (Phi) is 4.09. The van der Waals surface area contributed by atoms with Crippen molar-refractivity contribution in [2.75, 3.05) is 13.7 Å². The fourth-order valence-corrected chi connectivity index (χ4v) is 2.18. The maximum absolute atomic E-state index is 5.70. The highest BCUT2D eigenvalue weighted by atomic mass is 16.5. The first-order chi connectivity index (χ1) is 10.8. The number of hydrogen-bond donors (Lipinski definition) is 0. The Morgan fingerprint density at radius 2 is 2.00 bits per heavy atom. The zero-order valence-electron chi connectivity index (χ0n) is 12.6. The zero-order chi connectivity index (χ0) is 15.4. The van der Waals surface area contributed by atoms with Crippen LogP contribution in [0.25, 0.3) is 5.69 Å². The molecule has 0 amide bonds. The van der Waals surface area contributed by atoms with Crippen LogP contribution in [0.15, 0.2) is 49.1 Å². The van der Waals surface area contributed by atoms with Crippen molar-refractivity contribution in [3.05, 3.63) is 54.7 Å². The van der Waals surface area contributed by atoms with Gasteiger partial charge in [-0.3, -0.25) is 0 Å². The van der Waals surface area contributed by atoms with E-state index in [1.807, 2.05) is 52.7 Å². The first-order valence-electron chi connectivity index (χ1n) is 7.06. The van der Waals surface area contributed by atoms with E-state index >= 15 is 0 Å². The van der Waals surface area contributed by atoms with Gasteiger partial charge in [-0.1, -0.05) is 0 Å². The third-order valence-corrected chi connectivity index (χ3v) is 3.34. The SMILES string of the molecule is COc1ccc(-n2nc(OCCn3ccnc3)cc2C)cc1. The van der Waals surface area contributed by atoms with Crippen molar-refractivity contribution < 1.29 is 9.47 Å². The molecular formula is C16H18N4O2. The Balaban J connectivity index is 1.67. The third-order valence-electron chi connectivity index (χ3n) is 3.34. The monoisotopic (exact) mass is 298 g/mol. The van der Waals surface area contributed by atoms with E-state index in [0.29, 0.717) is 12.5 Å². The van der Waals surface area contributed by atoms with Crippen LogP contribution in [-0.4, -0.2) is 33.0 Å². The van der Waals surface area contributed by atoms with Crippen LogP contribution >= 0.6 is 0 Å². The third kappa shape index (κ3) is 3.11. The molecule has 0 bridgehead atoms. The summed E-state index contributed by atoms with van der Waals surface area (Å²) in [5.41, 5.74) is 1.99. The Morgan fingerprint density at radius 1 is 1.18 bits per heavy atom. The topological polar surface area (TPSA) is 54.1 Å². The van der Waals surface area contributed by atoms with E-state index in [4.69, 9.17) is 9.47 Å². The second-order valence-corrected chi connectivity index (χ2v) is 4.88. The molecule has 2 aromatic heterocycles. The number of aryl methyl sites for hydroxylation is 1. The molecule has 0 aliphatic rings. The average Bonchev–Trinajstić information content (AvgIpc) is 3.17. The van der Waals surface area contributed by atoms with Crippen molar-refractivity contribution in [2.24, 2.45) is 0 Å². The number of nitrogens with zero attached hydrogens (tertiary/aromatic N) is 4. The lowest BCUT2D eigenvalue weighted by molar-refractivity contribution is 0.285. The molecule has 0 aliphatic heterocycles. The molecule has 3 rings (SSSR count). The predicted octanol–water partition coefficient (Wildman–Crippen LogP) is 2.46. The van der Waals surface area contributed by atoms with E-state index in [2.05, 4.69) is 10.1 Å². The summed E-state index contributed by atoms with van der Waals surface area (Å²) in [6, 6.07) is 9.69. The molecule has 6 nitrogen and oxygen atoms in total. The van der Waals surface area contributed by atoms with Gasteiger partial charge in [0.05, 0.1) is 25.7 Å². The maximum atomic E-state index is 5.70. The van der Waals surface area contributed by atoms with Gasteiger partial charge in [0.2, 0.25) is 5.88 Å². The van der Waals surface area contributed by atoms with Crippen LogP contribution in [0.2, 0.25) is 0 Å². The summed E-state index contributed by atoms with van der Waals surface area (Å²) in [4.78, 5) is 4.00. The molecule has 0 atom stereocenters. The summed E-state index contributed by atoms with van der Waals surface area (Å²) < 4.78 is 14.7. The van der Waals surface area contributed by atoms with Gasteiger partial charge in [-0.25, -0.2) is 9.67 Å². The largest absolute Gasteiger partial charge is 0.497 e. The number of ether oxygens (including phenoxy) is 2. The molecule has 0 spiro atoms. The van der Waals surface area contributed by atoms with Crippen molar-refractivity contribution in [3.8, 4) is 17.3 Å². The normalized spacial score (nSPS) is 10.6. The smallest absolute Gasteiger partial charge is 0.233 e. The summed E-state index contributed by atoms with van der Waals surface area (Å²) in [6.45, 7) is 3.30. The molecule has 1 aromatic carbocycles. The fraction of sp³-hybridized carbons (Fsp3) is 0.250. The lowest BCUT2D eigenvalue weighted by atomic mass is 10.3. The Labute approximate surface area is 128 Å². The number of benzene rings is 1. The number of aromatic nitrogens is 4. The lowest BCUT2D eigenvalue weighted by Crippen LogP contribution is -2.07. The van der Waals surface area contributed by atoms with Crippen LogP contribution in [0.5, 0.6) is 11.6 Å². The highest BCUT2D eigenvalue weighted by Crippen LogP contribution is 2.19. The van der Waals surface area contributed by atoms with Gasteiger partial charge < -0.3 is 14.0 Å². The summed E-state index contributed by atoms with van der Waals surface area (Å²) in [5.74, 6) is 1.44. The molecule has 0 fully saturated rings. The van der Waals surface area contributed by atoms with Gasteiger partial charge in [0.1, 0.15) is 12.4 Å². The molecule has 2 heterocycles. The Morgan fingerprint density at radius 3 is 2.68 bits per heavy atom. The quantitative estimate of drug-likeness (QED) is 0.701. The van der Waals surface area contributed by atoms with Crippen molar-refractivity contribution in [3.63, 3.8) is 0 Å². The highest BCUT2D eigenvalue weighted by molar-refractivity contribution is 5.38. The minimum atomic E-state index is 0.551. The Hall–Kier alpha value is -2.76. The molecule has 22 heavy (non-hydrogen) atoms. The summed E-state index contributed by atoms with van der Waals surface area (Å²) in [6.07, 6.45) is 5.43. The summed E-state index contributed by atoms with van der Waals surface area (Å²) in [7, 11) is 1.65. The van der Waals surface area contributed by atoms with E-state index in [-0.39, 0.29) is 0 Å². The first-order valence-corrected chi connectivity index (χ1v) is 7.06. The maximum Gasteiger partial charge on any atom is 0.233 e. The molecule has 0 saturated carbocycles. The first kappa shape index (κ1) is 14.2. The van der Waals surface area contributed by atoms with Gasteiger partial charge in [0.15, 0.2) is 0 Å². The van der Waals surface area contributed by atoms with Gasteiger partial charge >= 0.3 is 0 Å². The van der Waals surface area contributed by atoms with Crippen molar-refractivity contribution in [1.29, 1.82) is 0 Å². The molecule has 3 aromatic rings. The number of methoxy groups -OCH3 is 1. The number of hydrogen-bond acceptors (Lipinski definition) is 4. The van der Waals surface area contributed by atoms with Gasteiger partial charge in [-0.05, 0) is 31.2 Å². The standard InChI is InChI=1S/C16H18N4O2/c1-13-11-16(22-10-9-19-8-7-17-12-19)18-20(13)14-3-5-15(21-2)6-4-14/h3-8,11-12H,9-10H2,1-2H3. The van der Waals surface area contributed by atoms with Crippen molar-refractivity contribution in [1.82, 2.24) is 19.3 Å². The van der Waals surface area contributed by atoms with Gasteiger partial charge in [-0.15, -0.1) is 5.10 Å². The molecule has 0 saturated heterocycles. The van der Waals surface area contributed by atoms with E-state index in [0.717, 1.165) is 23.7 Å². The van der Waals surface area contributed by atoms with Crippen molar-refractivity contribution in [2.45, 2.75) is 13.5 Å². The van der Waals surface area contributed by atoms with Crippen LogP contribution in [0.1, 0.15) is 5.69 Å². The van der Waals surface area contributed by atoms with Crippen molar-refractivity contribution >= 4 is 0 Å². The molecule has 0 radical (unpaired) electrons. The summed E-state index contributed by atoms with van der Waals surface area (Å²) in [5, 5.41) is 4.48. The number of imidazole rings is 1. The van der Waals surface area contributed by atoms with Crippen LogP contribution in [0, 0.1) is 6.92 Å². The van der Waals surface area contributed by atoms with E-state index in [1.54, 1.807) is 19.6 Å². The minimum absolute atomic E-state index is 0.551. The molecular weight excluding hydrogens is 280 g/mol. The van der Waals surface area contributed by atoms with Crippen LogP contribution < -0.4 is 9.47 Å². The predicted molar refractivity (Wildman–Crippen MR) is 82.6 cm³/mol. The van der Waals surface area contributed by atoms with Gasteiger partial charge in [0, 0.05) is 24.2 Å². The number of rotatable bonds is 6. The van der Waals surface area contributed by atoms with Gasteiger partial charge in [0.25, 0.3) is 0 Å². The fourth-order valence-electron chi connectivity index (χ4n) is 2.18. The Bertz CT molecular complexity index is 717. The summed E-state index contributed by atoms with van der Waals surface area (Å²) >= 11 is 0. The second-order valence-electron chi connectivity index (χ2n) is 4.88. The average molecular weight is 298 g/mol. The lowest BCUT2D eigenvalue weighted by Gasteiger charge is -2.05. The molecule has 0 unspecified atom stereocenters. The second kappa shape index (κ2) is 6.34. The van der Waals surface area contributed by atoms with E-state index in [1.165, 1.54) is 0 Å². The van der Waals surface area contributed by atoms with Crippen LogP contribution in [-0.2, 0) is 6.54 Å². The molecule has 114 valence electrons. The van der Waals surface area contributed by atoms with Crippen LogP contribution in [0.3, 0.4) is 0 Å². The zero-order valence-corrected chi connectivity index (χ0v) is 12.6. The van der Waals surface area contributed by atoms with Crippen LogP contribution in [0.4, 0.5) is 0 Å². The highest BCUT2D eigenvalue weighted by Gasteiger charge is 2.07. The van der Waals surface area contributed by atoms with E-state index in [9.17, 15) is 0 Å². The molecule has 0 N–H and O–H groups in total. The molecule has 6 heteroatoms.